The normalized spacial score (nSPS) is 15.1. The number of halogens is 3. The van der Waals surface area contributed by atoms with Crippen molar-refractivity contribution >= 4 is 57.6 Å². The Morgan fingerprint density at radius 1 is 1.03 bits per heavy atom. The van der Waals surface area contributed by atoms with E-state index in [1.807, 2.05) is 0 Å². The number of nitrogens with zero attached hydrogens (tertiary/aromatic N) is 1. The SMILES string of the molecule is O=C1/C(=C/c2cccc(OCc3c(F)cccc3Cl)c2)SC(=S)N1c1ccccc1F. The van der Waals surface area contributed by atoms with Gasteiger partial charge in [0.1, 0.15) is 24.0 Å². The lowest BCUT2D eigenvalue weighted by Crippen LogP contribution is -2.28. The molecule has 0 N–H and O–H groups in total. The fraction of sp³-hybridized carbons (Fsp3) is 0.0435. The van der Waals surface area contributed by atoms with Crippen molar-refractivity contribution in [2.24, 2.45) is 0 Å². The zero-order valence-electron chi connectivity index (χ0n) is 15.8. The maximum absolute atomic E-state index is 14.1. The Bertz CT molecular complexity index is 1200. The van der Waals surface area contributed by atoms with Gasteiger partial charge < -0.3 is 4.74 Å². The van der Waals surface area contributed by atoms with Gasteiger partial charge in [0.05, 0.1) is 15.6 Å². The number of thiocarbonyl (C=S) groups is 1. The number of para-hydroxylation sites is 1. The number of ether oxygens (including phenoxy) is 1. The van der Waals surface area contributed by atoms with Crippen LogP contribution in [0.3, 0.4) is 0 Å². The van der Waals surface area contributed by atoms with Crippen molar-refractivity contribution in [3.05, 3.63) is 99.4 Å². The first-order valence-corrected chi connectivity index (χ1v) is 10.7. The average Bonchev–Trinajstić information content (AvgIpc) is 3.01. The first-order chi connectivity index (χ1) is 14.9. The second kappa shape index (κ2) is 9.18. The highest BCUT2D eigenvalue weighted by Crippen LogP contribution is 2.37. The summed E-state index contributed by atoms with van der Waals surface area (Å²) >= 11 is 12.4. The monoisotopic (exact) mass is 473 g/mol. The first-order valence-electron chi connectivity index (χ1n) is 9.12. The summed E-state index contributed by atoms with van der Waals surface area (Å²) in [7, 11) is 0. The van der Waals surface area contributed by atoms with Gasteiger partial charge in [0.15, 0.2) is 4.32 Å². The topological polar surface area (TPSA) is 29.5 Å². The van der Waals surface area contributed by atoms with E-state index >= 15 is 0 Å². The van der Waals surface area contributed by atoms with Crippen molar-refractivity contribution in [3.8, 4) is 5.75 Å². The van der Waals surface area contributed by atoms with Gasteiger partial charge in [0.2, 0.25) is 0 Å². The van der Waals surface area contributed by atoms with E-state index in [-0.39, 0.29) is 27.2 Å². The largest absolute Gasteiger partial charge is 0.489 e. The molecule has 0 spiro atoms. The fourth-order valence-electron chi connectivity index (χ4n) is 2.98. The number of anilines is 1. The van der Waals surface area contributed by atoms with E-state index in [1.165, 1.54) is 29.2 Å². The zero-order chi connectivity index (χ0) is 22.0. The Morgan fingerprint density at radius 3 is 2.55 bits per heavy atom. The third-order valence-electron chi connectivity index (χ3n) is 4.49. The van der Waals surface area contributed by atoms with Gasteiger partial charge in [-0.3, -0.25) is 9.69 Å². The second-order valence-electron chi connectivity index (χ2n) is 6.53. The third-order valence-corrected chi connectivity index (χ3v) is 6.14. The van der Waals surface area contributed by atoms with Gasteiger partial charge in [-0.15, -0.1) is 0 Å². The molecule has 1 amide bonds. The predicted octanol–water partition coefficient (Wildman–Crippen LogP) is 6.60. The van der Waals surface area contributed by atoms with E-state index in [2.05, 4.69) is 0 Å². The van der Waals surface area contributed by atoms with Crippen molar-refractivity contribution < 1.29 is 18.3 Å². The van der Waals surface area contributed by atoms with Crippen LogP contribution < -0.4 is 9.64 Å². The molecule has 4 rings (SSSR count). The molecular formula is C23H14ClF2NO2S2. The highest BCUT2D eigenvalue weighted by atomic mass is 35.5. The number of rotatable bonds is 5. The number of thioether (sulfide) groups is 1. The van der Waals surface area contributed by atoms with Gasteiger partial charge in [-0.1, -0.05) is 65.9 Å². The molecule has 1 fully saturated rings. The molecule has 1 aliphatic rings. The maximum atomic E-state index is 14.1. The molecule has 8 heteroatoms. The molecule has 0 atom stereocenters. The molecule has 0 unspecified atom stereocenters. The summed E-state index contributed by atoms with van der Waals surface area (Å²) in [4.78, 5) is 14.4. The number of carbonyl (C=O) groups is 1. The molecule has 3 aromatic rings. The summed E-state index contributed by atoms with van der Waals surface area (Å²) in [5.41, 5.74) is 1.07. The van der Waals surface area contributed by atoms with Crippen LogP contribution in [0.4, 0.5) is 14.5 Å². The lowest BCUT2D eigenvalue weighted by atomic mass is 10.2. The highest BCUT2D eigenvalue weighted by Gasteiger charge is 2.34. The van der Waals surface area contributed by atoms with Crippen LogP contribution in [0.25, 0.3) is 6.08 Å². The fourth-order valence-corrected chi connectivity index (χ4v) is 4.48. The summed E-state index contributed by atoms with van der Waals surface area (Å²) in [5, 5.41) is 0.285. The van der Waals surface area contributed by atoms with Gasteiger partial charge in [-0.2, -0.15) is 0 Å². The molecular weight excluding hydrogens is 460 g/mol. The number of amides is 1. The number of carbonyl (C=O) groups excluding carboxylic acids is 1. The third kappa shape index (κ3) is 4.63. The van der Waals surface area contributed by atoms with Crippen LogP contribution in [0.15, 0.2) is 71.6 Å². The molecule has 3 nitrogen and oxygen atoms in total. The maximum Gasteiger partial charge on any atom is 0.270 e. The van der Waals surface area contributed by atoms with E-state index in [4.69, 9.17) is 28.6 Å². The van der Waals surface area contributed by atoms with E-state index in [9.17, 15) is 13.6 Å². The van der Waals surface area contributed by atoms with E-state index in [0.717, 1.165) is 11.8 Å². The quantitative estimate of drug-likeness (QED) is 0.308. The van der Waals surface area contributed by atoms with Gasteiger partial charge in [0.25, 0.3) is 5.91 Å². The first kappa shape index (κ1) is 21.5. The van der Waals surface area contributed by atoms with Crippen LogP contribution >= 0.6 is 35.6 Å². The molecule has 0 aliphatic carbocycles. The average molecular weight is 474 g/mol. The molecule has 31 heavy (non-hydrogen) atoms. The Labute approximate surface area is 192 Å². The molecule has 1 aliphatic heterocycles. The number of benzene rings is 3. The zero-order valence-corrected chi connectivity index (χ0v) is 18.2. The van der Waals surface area contributed by atoms with E-state index in [0.29, 0.717) is 16.2 Å². The van der Waals surface area contributed by atoms with E-state index in [1.54, 1.807) is 48.5 Å². The van der Waals surface area contributed by atoms with Crippen molar-refractivity contribution in [2.45, 2.75) is 6.61 Å². The van der Waals surface area contributed by atoms with Crippen molar-refractivity contribution in [2.75, 3.05) is 4.90 Å². The van der Waals surface area contributed by atoms with Crippen molar-refractivity contribution in [3.63, 3.8) is 0 Å². The second-order valence-corrected chi connectivity index (χ2v) is 8.61. The van der Waals surface area contributed by atoms with Crippen LogP contribution in [-0.4, -0.2) is 10.2 Å². The van der Waals surface area contributed by atoms with Gasteiger partial charge in [-0.05, 0) is 48.0 Å². The Kier molecular flexibility index (Phi) is 6.36. The molecule has 1 heterocycles. The molecule has 0 bridgehead atoms. The molecule has 0 saturated carbocycles. The molecule has 1 saturated heterocycles. The summed E-state index contributed by atoms with van der Waals surface area (Å²) in [6.45, 7) is -0.0373. The van der Waals surface area contributed by atoms with Crippen molar-refractivity contribution in [1.29, 1.82) is 0 Å². The summed E-state index contributed by atoms with van der Waals surface area (Å²) in [5.74, 6) is -0.884. The number of hydrogen-bond donors (Lipinski definition) is 0. The molecule has 156 valence electrons. The van der Waals surface area contributed by atoms with Gasteiger partial charge in [0, 0.05) is 5.56 Å². The number of hydrogen-bond acceptors (Lipinski definition) is 4. The Hall–Kier alpha value is -2.74. The highest BCUT2D eigenvalue weighted by molar-refractivity contribution is 8.27. The lowest BCUT2D eigenvalue weighted by Gasteiger charge is -2.14. The minimum Gasteiger partial charge on any atom is -0.489 e. The molecule has 0 aromatic heterocycles. The minimum atomic E-state index is -0.526. The Morgan fingerprint density at radius 2 is 1.77 bits per heavy atom. The lowest BCUT2D eigenvalue weighted by molar-refractivity contribution is -0.113. The molecule has 3 aromatic carbocycles. The summed E-state index contributed by atoms with van der Waals surface area (Å²) < 4.78 is 34.0. The van der Waals surface area contributed by atoms with Crippen LogP contribution in [0.1, 0.15) is 11.1 Å². The summed E-state index contributed by atoms with van der Waals surface area (Å²) in [6, 6.07) is 17.4. The minimum absolute atomic E-state index is 0.0373. The van der Waals surface area contributed by atoms with Crippen LogP contribution in [-0.2, 0) is 11.4 Å². The van der Waals surface area contributed by atoms with Crippen LogP contribution in [0.2, 0.25) is 5.02 Å². The van der Waals surface area contributed by atoms with Crippen LogP contribution in [0, 0.1) is 11.6 Å². The van der Waals surface area contributed by atoms with Crippen molar-refractivity contribution in [1.82, 2.24) is 0 Å². The predicted molar refractivity (Wildman–Crippen MR) is 124 cm³/mol. The Balaban J connectivity index is 1.54. The van der Waals surface area contributed by atoms with Gasteiger partial charge in [-0.25, -0.2) is 8.78 Å². The smallest absolute Gasteiger partial charge is 0.270 e. The summed E-state index contributed by atoms with van der Waals surface area (Å²) in [6.07, 6.45) is 1.66. The standard InChI is InChI=1S/C23H14ClF2NO2S2/c24-17-7-4-9-18(25)16(17)13-29-15-6-3-5-14(11-15)12-21-22(28)27(23(30)31-21)20-10-2-1-8-19(20)26/h1-12H,13H2/b21-12-. The van der Waals surface area contributed by atoms with E-state index < -0.39 is 17.5 Å². The van der Waals surface area contributed by atoms with Gasteiger partial charge >= 0.3 is 0 Å². The molecule has 0 radical (unpaired) electrons. The van der Waals surface area contributed by atoms with Crippen LogP contribution in [0.5, 0.6) is 5.75 Å².